The summed E-state index contributed by atoms with van der Waals surface area (Å²) in [6.07, 6.45) is 1.96. The first kappa shape index (κ1) is 28.7. The van der Waals surface area contributed by atoms with E-state index in [1.165, 1.54) is 7.11 Å². The summed E-state index contributed by atoms with van der Waals surface area (Å²) in [5.74, 6) is -0.934. The van der Waals surface area contributed by atoms with Gasteiger partial charge in [0.15, 0.2) is 0 Å². The highest BCUT2D eigenvalue weighted by molar-refractivity contribution is 6.31. The third kappa shape index (κ3) is 5.99. The molecule has 1 saturated heterocycles. The maximum atomic E-state index is 15.3. The molecule has 2 aliphatic rings. The molecule has 2 aromatic rings. The Morgan fingerprint density at radius 2 is 1.79 bits per heavy atom. The van der Waals surface area contributed by atoms with Crippen LogP contribution in [0.15, 0.2) is 36.0 Å². The van der Waals surface area contributed by atoms with E-state index in [2.05, 4.69) is 4.90 Å². The van der Waals surface area contributed by atoms with Crippen molar-refractivity contribution < 1.29 is 28.9 Å². The summed E-state index contributed by atoms with van der Waals surface area (Å²) < 4.78 is 21.0. The van der Waals surface area contributed by atoms with Crippen molar-refractivity contribution in [2.24, 2.45) is 5.92 Å². The molecule has 210 valence electrons. The van der Waals surface area contributed by atoms with Crippen LogP contribution in [0, 0.1) is 11.7 Å². The number of nitrogens with zero attached hydrogens (tertiary/aromatic N) is 3. The number of hydrogen-bond donors (Lipinski definition) is 2. The Morgan fingerprint density at radius 1 is 1.10 bits per heavy atom. The third-order valence-corrected chi connectivity index (χ3v) is 7.86. The van der Waals surface area contributed by atoms with E-state index in [4.69, 9.17) is 16.3 Å². The number of amides is 1. The van der Waals surface area contributed by atoms with Crippen molar-refractivity contribution in [2.75, 3.05) is 49.7 Å². The lowest BCUT2D eigenvalue weighted by molar-refractivity contribution is -0.133. The molecule has 0 aromatic heterocycles. The van der Waals surface area contributed by atoms with E-state index in [0.29, 0.717) is 43.1 Å². The van der Waals surface area contributed by atoms with Crippen LogP contribution < -0.4 is 14.5 Å². The van der Waals surface area contributed by atoms with Crippen LogP contribution in [-0.4, -0.2) is 72.9 Å². The summed E-state index contributed by atoms with van der Waals surface area (Å²) in [5, 5.41) is 19.9. The Balaban J connectivity index is 1.70. The summed E-state index contributed by atoms with van der Waals surface area (Å²) >= 11 is 6.33. The van der Waals surface area contributed by atoms with Gasteiger partial charge in [-0.05, 0) is 40.8 Å². The summed E-state index contributed by atoms with van der Waals surface area (Å²) in [6.45, 7) is 7.73. The van der Waals surface area contributed by atoms with Crippen molar-refractivity contribution in [1.29, 1.82) is 0 Å². The Morgan fingerprint density at radius 3 is 2.36 bits per heavy atom. The Kier molecular flexibility index (Phi) is 8.71. The normalized spacial score (nSPS) is 16.2. The molecular weight excluding hydrogens is 525 g/mol. The van der Waals surface area contributed by atoms with Crippen LogP contribution in [0.2, 0.25) is 5.02 Å². The number of hydrogen-bond acceptors (Lipinski definition) is 6. The van der Waals surface area contributed by atoms with Gasteiger partial charge < -0.3 is 29.6 Å². The fourth-order valence-electron chi connectivity index (χ4n) is 5.31. The maximum absolute atomic E-state index is 15.3. The van der Waals surface area contributed by atoms with E-state index in [1.807, 2.05) is 26.0 Å². The minimum absolute atomic E-state index is 0.0124. The molecule has 4 rings (SSSR count). The lowest BCUT2D eigenvalue weighted by Gasteiger charge is -2.37. The van der Waals surface area contributed by atoms with E-state index >= 15 is 4.39 Å². The van der Waals surface area contributed by atoms with Gasteiger partial charge in [-0.1, -0.05) is 25.4 Å². The summed E-state index contributed by atoms with van der Waals surface area (Å²) in [6, 6.07) is 6.74. The van der Waals surface area contributed by atoms with Gasteiger partial charge in [-0.25, -0.2) is 9.18 Å². The molecule has 10 heteroatoms. The summed E-state index contributed by atoms with van der Waals surface area (Å²) in [4.78, 5) is 29.3. The van der Waals surface area contributed by atoms with Crippen LogP contribution in [0.25, 0.3) is 0 Å². The van der Waals surface area contributed by atoms with Crippen molar-refractivity contribution in [3.8, 4) is 5.75 Å². The molecule has 39 heavy (non-hydrogen) atoms. The molecule has 1 fully saturated rings. The van der Waals surface area contributed by atoms with Crippen LogP contribution in [-0.2, 0) is 22.4 Å². The molecule has 8 nitrogen and oxygen atoms in total. The second-order valence-corrected chi connectivity index (χ2v) is 10.8. The molecule has 0 saturated carbocycles. The number of piperazine rings is 1. The molecule has 0 bridgehead atoms. The molecule has 2 heterocycles. The van der Waals surface area contributed by atoms with Crippen LogP contribution in [0.1, 0.15) is 37.5 Å². The van der Waals surface area contributed by atoms with Crippen LogP contribution in [0.3, 0.4) is 0 Å². The highest BCUT2D eigenvalue weighted by Crippen LogP contribution is 2.39. The number of rotatable bonds is 8. The zero-order chi connectivity index (χ0) is 28.4. The number of carboxylic acid groups (broad SMARTS) is 1. The predicted molar refractivity (Wildman–Crippen MR) is 149 cm³/mol. The standard InChI is InChI=1S/C29H35ClFN3O5/c1-17(2)26(16-35)34-15-22(29(37)38)10-19-9-20(27(39-4)14-25(19)34)11-21-12-23(13-24(30)28(21)31)33-7-5-32(6-8-33)18(3)36/h9,12-15,17,26,35H,5-8,10-11,16H2,1-4H3,(H,37,38)/t26-/m1/s1. The van der Waals surface area contributed by atoms with Gasteiger partial charge in [0.25, 0.3) is 0 Å². The monoisotopic (exact) mass is 559 g/mol. The number of aliphatic hydroxyl groups excluding tert-OH is 1. The smallest absolute Gasteiger partial charge is 0.333 e. The lowest BCUT2D eigenvalue weighted by atomic mass is 9.92. The highest BCUT2D eigenvalue weighted by atomic mass is 35.5. The van der Waals surface area contributed by atoms with Gasteiger partial charge in [0.05, 0.1) is 30.4 Å². The van der Waals surface area contributed by atoms with Gasteiger partial charge in [-0.2, -0.15) is 0 Å². The number of carbonyl (C=O) groups is 2. The quantitative estimate of drug-likeness (QED) is 0.503. The molecule has 1 amide bonds. The highest BCUT2D eigenvalue weighted by Gasteiger charge is 2.30. The number of fused-ring (bicyclic) bond motifs is 1. The molecule has 0 aliphatic carbocycles. The molecule has 0 spiro atoms. The number of benzene rings is 2. The molecule has 0 unspecified atom stereocenters. The van der Waals surface area contributed by atoms with Gasteiger partial charge in [0.2, 0.25) is 5.91 Å². The number of halogens is 2. The molecule has 0 radical (unpaired) electrons. The number of aliphatic hydroxyl groups is 1. The SMILES string of the molecule is COc1cc2c(cc1Cc1cc(N3CCN(C(C)=O)CC3)cc(Cl)c1F)CC(C(=O)O)=CN2[C@H](CO)C(C)C. The first-order valence-corrected chi connectivity index (χ1v) is 13.4. The average Bonchev–Trinajstić information content (AvgIpc) is 2.90. The topological polar surface area (TPSA) is 93.5 Å². The van der Waals surface area contributed by atoms with Crippen molar-refractivity contribution in [1.82, 2.24) is 4.90 Å². The van der Waals surface area contributed by atoms with Gasteiger partial charge in [0.1, 0.15) is 11.6 Å². The van der Waals surface area contributed by atoms with Crippen LogP contribution >= 0.6 is 11.6 Å². The van der Waals surface area contributed by atoms with E-state index in [9.17, 15) is 19.8 Å². The van der Waals surface area contributed by atoms with Crippen LogP contribution in [0.5, 0.6) is 5.75 Å². The van der Waals surface area contributed by atoms with Crippen molar-refractivity contribution in [3.05, 3.63) is 63.6 Å². The van der Waals surface area contributed by atoms with E-state index in [1.54, 1.807) is 35.1 Å². The maximum Gasteiger partial charge on any atom is 0.333 e. The molecule has 2 N–H and O–H groups in total. The van der Waals surface area contributed by atoms with Gasteiger partial charge in [-0.15, -0.1) is 0 Å². The first-order valence-electron chi connectivity index (χ1n) is 13.0. The second-order valence-electron chi connectivity index (χ2n) is 10.4. The van der Waals surface area contributed by atoms with Crippen LogP contribution in [0.4, 0.5) is 15.8 Å². The minimum Gasteiger partial charge on any atom is -0.496 e. The van der Waals surface area contributed by atoms with Gasteiger partial charge in [0, 0.05) is 69.6 Å². The Bertz CT molecular complexity index is 1290. The molecule has 2 aliphatic heterocycles. The zero-order valence-electron chi connectivity index (χ0n) is 22.7. The number of carbonyl (C=O) groups excluding carboxylic acids is 1. The molecular formula is C29H35ClFN3O5. The van der Waals surface area contributed by atoms with Crippen molar-refractivity contribution in [3.63, 3.8) is 0 Å². The first-order chi connectivity index (χ1) is 18.5. The van der Waals surface area contributed by atoms with Gasteiger partial charge >= 0.3 is 5.97 Å². The minimum atomic E-state index is -1.03. The third-order valence-electron chi connectivity index (χ3n) is 7.58. The number of aliphatic carboxylic acids is 1. The molecule has 1 atom stereocenters. The fraction of sp³-hybridized carbons (Fsp3) is 0.448. The largest absolute Gasteiger partial charge is 0.496 e. The van der Waals surface area contributed by atoms with E-state index in [0.717, 1.165) is 16.9 Å². The Labute approximate surface area is 233 Å². The second kappa shape index (κ2) is 11.8. The lowest BCUT2D eigenvalue weighted by Crippen LogP contribution is -2.48. The van der Waals surface area contributed by atoms with E-state index in [-0.39, 0.29) is 47.9 Å². The Hall–Kier alpha value is -3.30. The zero-order valence-corrected chi connectivity index (χ0v) is 23.5. The number of ether oxygens (including phenoxy) is 1. The van der Waals surface area contributed by atoms with Crippen molar-refractivity contribution in [2.45, 2.75) is 39.7 Å². The summed E-state index contributed by atoms with van der Waals surface area (Å²) in [5.41, 5.74) is 3.58. The average molecular weight is 560 g/mol. The van der Waals surface area contributed by atoms with E-state index < -0.39 is 11.8 Å². The summed E-state index contributed by atoms with van der Waals surface area (Å²) in [7, 11) is 1.54. The number of carboxylic acids is 1. The fourth-order valence-corrected chi connectivity index (χ4v) is 5.55. The number of anilines is 2. The number of methoxy groups -OCH3 is 1. The predicted octanol–water partition coefficient (Wildman–Crippen LogP) is 4.09. The van der Waals surface area contributed by atoms with Crippen molar-refractivity contribution >= 4 is 34.9 Å². The molecule has 2 aromatic carbocycles. The van der Waals surface area contributed by atoms with Gasteiger partial charge in [-0.3, -0.25) is 4.79 Å².